The van der Waals surface area contributed by atoms with Gasteiger partial charge in [0.15, 0.2) is 5.78 Å². The molecule has 1 heterocycles. The topological polar surface area (TPSA) is 83.9 Å². The van der Waals surface area contributed by atoms with Crippen LogP contribution in [0, 0.1) is 5.92 Å². The minimum absolute atomic E-state index is 0.0658. The third-order valence-electron chi connectivity index (χ3n) is 3.90. The van der Waals surface area contributed by atoms with Gasteiger partial charge < -0.3 is 14.7 Å². The van der Waals surface area contributed by atoms with Crippen molar-refractivity contribution >= 4 is 23.3 Å². The average Bonchev–Trinajstić information content (AvgIpc) is 2.50. The van der Waals surface area contributed by atoms with Gasteiger partial charge in [0.25, 0.3) is 0 Å². The number of benzene rings is 1. The SMILES string of the molecule is CC(=O)N1CC(C(C)C)Oc2ccc(C(=O)CCC(=O)O)cc21. The van der Waals surface area contributed by atoms with Gasteiger partial charge in [0.2, 0.25) is 5.91 Å². The van der Waals surface area contributed by atoms with Crippen LogP contribution in [0.4, 0.5) is 5.69 Å². The highest BCUT2D eigenvalue weighted by molar-refractivity contribution is 6.01. The predicted molar refractivity (Wildman–Crippen MR) is 84.9 cm³/mol. The van der Waals surface area contributed by atoms with Crippen LogP contribution >= 0.6 is 0 Å². The van der Waals surface area contributed by atoms with Crippen LogP contribution in [0.2, 0.25) is 0 Å². The fraction of sp³-hybridized carbons (Fsp3) is 0.471. The van der Waals surface area contributed by atoms with Gasteiger partial charge in [-0.15, -0.1) is 0 Å². The molecule has 1 atom stereocenters. The molecule has 0 aliphatic carbocycles. The van der Waals surface area contributed by atoms with Crippen LogP contribution in [0.5, 0.6) is 5.75 Å². The summed E-state index contributed by atoms with van der Waals surface area (Å²) in [5, 5.41) is 8.67. The summed E-state index contributed by atoms with van der Waals surface area (Å²) >= 11 is 0. The quantitative estimate of drug-likeness (QED) is 0.843. The number of fused-ring (bicyclic) bond motifs is 1. The van der Waals surface area contributed by atoms with Crippen LogP contribution in [0.3, 0.4) is 0 Å². The largest absolute Gasteiger partial charge is 0.486 e. The minimum Gasteiger partial charge on any atom is -0.486 e. The molecule has 6 heteroatoms. The molecule has 1 aromatic carbocycles. The summed E-state index contributed by atoms with van der Waals surface area (Å²) in [4.78, 5) is 36.2. The van der Waals surface area contributed by atoms with E-state index in [0.717, 1.165) is 0 Å². The number of Topliss-reactive ketones (excluding diaryl/α,β-unsaturated/α-hetero) is 1. The van der Waals surface area contributed by atoms with Gasteiger partial charge in [-0.05, 0) is 24.1 Å². The molecule has 2 rings (SSSR count). The maximum Gasteiger partial charge on any atom is 0.303 e. The van der Waals surface area contributed by atoms with Crippen LogP contribution < -0.4 is 9.64 Å². The summed E-state index contributed by atoms with van der Waals surface area (Å²) in [6.07, 6.45) is -0.373. The fourth-order valence-electron chi connectivity index (χ4n) is 2.49. The summed E-state index contributed by atoms with van der Waals surface area (Å²) < 4.78 is 5.91. The molecule has 1 amide bonds. The first kappa shape index (κ1) is 17.0. The molecule has 0 spiro atoms. The maximum absolute atomic E-state index is 12.1. The number of nitrogens with zero attached hydrogens (tertiary/aromatic N) is 1. The van der Waals surface area contributed by atoms with Crippen molar-refractivity contribution in [2.24, 2.45) is 5.92 Å². The monoisotopic (exact) mass is 319 g/mol. The number of amides is 1. The molecule has 124 valence electrons. The summed E-state index contributed by atoms with van der Waals surface area (Å²) in [6, 6.07) is 4.90. The smallest absolute Gasteiger partial charge is 0.303 e. The molecule has 1 aliphatic rings. The van der Waals surface area contributed by atoms with E-state index >= 15 is 0 Å². The Hall–Kier alpha value is -2.37. The van der Waals surface area contributed by atoms with E-state index in [1.165, 1.54) is 6.92 Å². The number of ketones is 1. The Morgan fingerprint density at radius 1 is 1.30 bits per heavy atom. The predicted octanol–water partition coefficient (Wildman–Crippen LogP) is 2.50. The van der Waals surface area contributed by atoms with E-state index < -0.39 is 5.97 Å². The lowest BCUT2D eigenvalue weighted by Gasteiger charge is -2.36. The Kier molecular flexibility index (Phi) is 5.03. The Bertz CT molecular complexity index is 638. The van der Waals surface area contributed by atoms with Gasteiger partial charge in [0, 0.05) is 18.9 Å². The Morgan fingerprint density at radius 3 is 2.57 bits per heavy atom. The molecular weight excluding hydrogens is 298 g/mol. The number of anilines is 1. The van der Waals surface area contributed by atoms with Crippen LogP contribution in [-0.2, 0) is 9.59 Å². The third-order valence-corrected chi connectivity index (χ3v) is 3.90. The number of carboxylic acid groups (broad SMARTS) is 1. The van der Waals surface area contributed by atoms with Crippen molar-refractivity contribution in [2.75, 3.05) is 11.4 Å². The summed E-state index contributed by atoms with van der Waals surface area (Å²) in [6.45, 7) is 5.97. The van der Waals surface area contributed by atoms with Crippen LogP contribution in [-0.4, -0.2) is 35.4 Å². The van der Waals surface area contributed by atoms with Crippen molar-refractivity contribution in [1.29, 1.82) is 0 Å². The molecule has 0 aromatic heterocycles. The van der Waals surface area contributed by atoms with Crippen molar-refractivity contribution in [3.63, 3.8) is 0 Å². The van der Waals surface area contributed by atoms with Crippen LogP contribution in [0.1, 0.15) is 44.0 Å². The van der Waals surface area contributed by atoms with Crippen LogP contribution in [0.15, 0.2) is 18.2 Å². The first-order valence-corrected chi connectivity index (χ1v) is 7.63. The highest BCUT2D eigenvalue weighted by Gasteiger charge is 2.30. The summed E-state index contributed by atoms with van der Waals surface area (Å²) in [5.41, 5.74) is 0.957. The number of aliphatic carboxylic acids is 1. The molecule has 1 N–H and O–H groups in total. The molecule has 0 saturated carbocycles. The normalized spacial score (nSPS) is 16.7. The zero-order chi connectivity index (χ0) is 17.1. The molecule has 1 aliphatic heterocycles. The number of carboxylic acids is 1. The standard InChI is InChI=1S/C17H21NO5/c1-10(2)16-9-18(11(3)19)13-8-12(4-6-15(13)23-16)14(20)5-7-17(21)22/h4,6,8,10,16H,5,7,9H2,1-3H3,(H,21,22). The maximum atomic E-state index is 12.1. The lowest BCUT2D eigenvalue weighted by atomic mass is 10.0. The number of hydrogen-bond donors (Lipinski definition) is 1. The number of carbonyl (C=O) groups is 3. The fourth-order valence-corrected chi connectivity index (χ4v) is 2.49. The lowest BCUT2D eigenvalue weighted by Crippen LogP contribution is -2.45. The third kappa shape index (κ3) is 3.88. The van der Waals surface area contributed by atoms with Gasteiger partial charge in [-0.25, -0.2) is 0 Å². The number of carbonyl (C=O) groups excluding carboxylic acids is 2. The molecule has 0 saturated heterocycles. The second-order valence-electron chi connectivity index (χ2n) is 6.03. The van der Waals surface area contributed by atoms with Gasteiger partial charge in [-0.1, -0.05) is 13.8 Å². The van der Waals surface area contributed by atoms with Crippen molar-refractivity contribution < 1.29 is 24.2 Å². The van der Waals surface area contributed by atoms with Crippen molar-refractivity contribution in [1.82, 2.24) is 0 Å². The van der Waals surface area contributed by atoms with Gasteiger partial charge in [0.1, 0.15) is 11.9 Å². The van der Waals surface area contributed by atoms with E-state index in [9.17, 15) is 14.4 Å². The van der Waals surface area contributed by atoms with E-state index in [-0.39, 0.29) is 36.6 Å². The van der Waals surface area contributed by atoms with E-state index in [1.807, 2.05) is 13.8 Å². The van der Waals surface area contributed by atoms with Gasteiger partial charge in [0.05, 0.1) is 18.7 Å². The first-order chi connectivity index (χ1) is 10.8. The zero-order valence-electron chi connectivity index (χ0n) is 13.5. The van der Waals surface area contributed by atoms with E-state index in [0.29, 0.717) is 23.5 Å². The number of hydrogen-bond acceptors (Lipinski definition) is 4. The minimum atomic E-state index is -1.01. The van der Waals surface area contributed by atoms with Crippen molar-refractivity contribution in [2.45, 2.75) is 39.7 Å². The molecule has 1 unspecified atom stereocenters. The highest BCUT2D eigenvalue weighted by Crippen LogP contribution is 2.36. The number of rotatable bonds is 5. The van der Waals surface area contributed by atoms with Crippen LogP contribution in [0.25, 0.3) is 0 Å². The Balaban J connectivity index is 2.30. The van der Waals surface area contributed by atoms with Crippen molar-refractivity contribution in [3.05, 3.63) is 23.8 Å². The Labute approximate surface area is 135 Å². The van der Waals surface area contributed by atoms with Gasteiger partial charge >= 0.3 is 5.97 Å². The van der Waals surface area contributed by atoms with Gasteiger partial charge in [-0.2, -0.15) is 0 Å². The highest BCUT2D eigenvalue weighted by atomic mass is 16.5. The summed E-state index contributed by atoms with van der Waals surface area (Å²) in [5.74, 6) is -0.563. The van der Waals surface area contributed by atoms with E-state index in [4.69, 9.17) is 9.84 Å². The first-order valence-electron chi connectivity index (χ1n) is 7.63. The molecule has 0 radical (unpaired) electrons. The average molecular weight is 319 g/mol. The molecule has 0 bridgehead atoms. The van der Waals surface area contributed by atoms with Gasteiger partial charge in [-0.3, -0.25) is 14.4 Å². The molecule has 23 heavy (non-hydrogen) atoms. The second-order valence-corrected chi connectivity index (χ2v) is 6.03. The molecular formula is C17H21NO5. The summed E-state index contributed by atoms with van der Waals surface area (Å²) in [7, 11) is 0. The van der Waals surface area contributed by atoms with E-state index in [1.54, 1.807) is 23.1 Å². The molecule has 0 fully saturated rings. The molecule has 6 nitrogen and oxygen atoms in total. The number of ether oxygens (including phenoxy) is 1. The second kappa shape index (κ2) is 6.81. The molecule has 1 aromatic rings. The van der Waals surface area contributed by atoms with E-state index in [2.05, 4.69) is 0 Å². The zero-order valence-corrected chi connectivity index (χ0v) is 13.5. The van der Waals surface area contributed by atoms with Crippen molar-refractivity contribution in [3.8, 4) is 5.75 Å². The Morgan fingerprint density at radius 2 is 2.00 bits per heavy atom. The lowest BCUT2D eigenvalue weighted by molar-refractivity contribution is -0.137.